The Bertz CT molecular complexity index is 310. The third kappa shape index (κ3) is 4.38. The number of hydrogen-bond acceptors (Lipinski definition) is 1. The van der Waals surface area contributed by atoms with E-state index in [1.54, 1.807) is 0 Å². The van der Waals surface area contributed by atoms with E-state index in [9.17, 15) is 8.78 Å². The highest BCUT2D eigenvalue weighted by molar-refractivity contribution is 5.16. The van der Waals surface area contributed by atoms with Crippen molar-refractivity contribution in [2.75, 3.05) is 6.61 Å². The normalized spacial score (nSPS) is 11.0. The number of hydrogen-bond donors (Lipinski definition) is 0. The minimum absolute atomic E-state index is 0.337. The van der Waals surface area contributed by atoms with Crippen molar-refractivity contribution < 1.29 is 13.5 Å². The first kappa shape index (κ1) is 12.1. The molecule has 15 heavy (non-hydrogen) atoms. The van der Waals surface area contributed by atoms with Gasteiger partial charge in [0.15, 0.2) is 11.6 Å². The monoisotopic (exact) mass is 214 g/mol. The molecule has 0 atom stereocenters. The molecule has 0 aliphatic carbocycles. The van der Waals surface area contributed by atoms with Crippen LogP contribution in [-0.2, 0) is 11.3 Å². The van der Waals surface area contributed by atoms with Gasteiger partial charge in [0.25, 0.3) is 0 Å². The summed E-state index contributed by atoms with van der Waals surface area (Å²) in [5.74, 6) is -1.05. The summed E-state index contributed by atoms with van der Waals surface area (Å²) in [5.41, 5.74) is 0.664. The fourth-order valence-corrected chi connectivity index (χ4v) is 1.14. The summed E-state index contributed by atoms with van der Waals surface area (Å²) >= 11 is 0. The lowest BCUT2D eigenvalue weighted by Crippen LogP contribution is -2.00. The minimum atomic E-state index is -0.819. The van der Waals surface area contributed by atoms with E-state index in [1.165, 1.54) is 12.1 Å². The molecule has 0 aromatic heterocycles. The van der Waals surface area contributed by atoms with E-state index in [0.717, 1.165) is 12.5 Å². The van der Waals surface area contributed by atoms with Crippen LogP contribution in [0.2, 0.25) is 0 Å². The molecule has 1 aromatic rings. The third-order valence-corrected chi connectivity index (χ3v) is 2.09. The van der Waals surface area contributed by atoms with Crippen molar-refractivity contribution in [3.8, 4) is 0 Å². The van der Waals surface area contributed by atoms with Crippen molar-refractivity contribution in [1.82, 2.24) is 0 Å². The van der Waals surface area contributed by atoms with Gasteiger partial charge in [0, 0.05) is 6.61 Å². The van der Waals surface area contributed by atoms with Crippen molar-refractivity contribution in [3.05, 3.63) is 35.4 Å². The molecule has 0 amide bonds. The Labute approximate surface area is 89.1 Å². The van der Waals surface area contributed by atoms with Crippen LogP contribution in [0.3, 0.4) is 0 Å². The molecule has 0 saturated carbocycles. The third-order valence-electron chi connectivity index (χ3n) is 2.09. The average Bonchev–Trinajstić information content (AvgIpc) is 2.18. The van der Waals surface area contributed by atoms with Gasteiger partial charge in [-0.3, -0.25) is 0 Å². The second-order valence-corrected chi connectivity index (χ2v) is 3.98. The van der Waals surface area contributed by atoms with Gasteiger partial charge in [0.05, 0.1) is 6.61 Å². The smallest absolute Gasteiger partial charge is 0.159 e. The van der Waals surface area contributed by atoms with Crippen LogP contribution in [0.4, 0.5) is 8.78 Å². The molecule has 1 aromatic carbocycles. The Morgan fingerprint density at radius 1 is 1.20 bits per heavy atom. The SMILES string of the molecule is CC(C)CCOCc1ccc(F)c(F)c1. The lowest BCUT2D eigenvalue weighted by atomic mass is 10.1. The van der Waals surface area contributed by atoms with Crippen molar-refractivity contribution in [1.29, 1.82) is 0 Å². The summed E-state index contributed by atoms with van der Waals surface area (Å²) < 4.78 is 30.7. The van der Waals surface area contributed by atoms with Crippen LogP contribution in [0.15, 0.2) is 18.2 Å². The molecular weight excluding hydrogens is 198 g/mol. The van der Waals surface area contributed by atoms with Gasteiger partial charge in [-0.2, -0.15) is 0 Å². The Kier molecular flexibility index (Phi) is 4.69. The minimum Gasteiger partial charge on any atom is -0.377 e. The summed E-state index contributed by atoms with van der Waals surface area (Å²) in [6, 6.07) is 3.83. The van der Waals surface area contributed by atoms with Crippen LogP contribution in [0.5, 0.6) is 0 Å². The lowest BCUT2D eigenvalue weighted by Gasteiger charge is -2.06. The van der Waals surface area contributed by atoms with Gasteiger partial charge in [-0.1, -0.05) is 19.9 Å². The highest BCUT2D eigenvalue weighted by Crippen LogP contribution is 2.10. The molecule has 0 radical (unpaired) electrons. The fourth-order valence-electron chi connectivity index (χ4n) is 1.14. The van der Waals surface area contributed by atoms with E-state index < -0.39 is 11.6 Å². The molecular formula is C12H16F2O. The Hall–Kier alpha value is -0.960. The summed E-state index contributed by atoms with van der Waals surface area (Å²) in [6.45, 7) is 5.21. The number of ether oxygens (including phenoxy) is 1. The topological polar surface area (TPSA) is 9.23 Å². The summed E-state index contributed by atoms with van der Waals surface area (Å²) in [6.07, 6.45) is 0.976. The van der Waals surface area contributed by atoms with Gasteiger partial charge in [-0.25, -0.2) is 8.78 Å². The molecule has 0 unspecified atom stereocenters. The Morgan fingerprint density at radius 2 is 1.93 bits per heavy atom. The van der Waals surface area contributed by atoms with E-state index in [4.69, 9.17) is 4.74 Å². The van der Waals surface area contributed by atoms with Gasteiger partial charge in [-0.15, -0.1) is 0 Å². The highest BCUT2D eigenvalue weighted by Gasteiger charge is 2.02. The number of rotatable bonds is 5. The number of benzene rings is 1. The second kappa shape index (κ2) is 5.81. The molecule has 0 aliphatic heterocycles. The maximum absolute atomic E-state index is 12.8. The molecule has 0 saturated heterocycles. The van der Waals surface area contributed by atoms with Crippen LogP contribution in [0.1, 0.15) is 25.8 Å². The van der Waals surface area contributed by atoms with Gasteiger partial charge in [-0.05, 0) is 30.0 Å². The molecule has 0 aliphatic rings. The summed E-state index contributed by atoms with van der Waals surface area (Å²) in [7, 11) is 0. The molecule has 84 valence electrons. The molecule has 0 spiro atoms. The van der Waals surface area contributed by atoms with Crippen molar-refractivity contribution in [3.63, 3.8) is 0 Å². The van der Waals surface area contributed by atoms with Crippen molar-refractivity contribution >= 4 is 0 Å². The molecule has 0 fully saturated rings. The maximum Gasteiger partial charge on any atom is 0.159 e. The second-order valence-electron chi connectivity index (χ2n) is 3.98. The standard InChI is InChI=1S/C12H16F2O/c1-9(2)5-6-15-8-10-3-4-11(13)12(14)7-10/h3-4,7,9H,5-6,8H2,1-2H3. The first-order valence-corrected chi connectivity index (χ1v) is 5.11. The van der Waals surface area contributed by atoms with Gasteiger partial charge in [0.2, 0.25) is 0 Å². The van der Waals surface area contributed by atoms with E-state index in [1.807, 2.05) is 0 Å². The highest BCUT2D eigenvalue weighted by atomic mass is 19.2. The predicted molar refractivity (Wildman–Crippen MR) is 55.5 cm³/mol. The van der Waals surface area contributed by atoms with E-state index in [-0.39, 0.29) is 0 Å². The van der Waals surface area contributed by atoms with Crippen molar-refractivity contribution in [2.24, 2.45) is 5.92 Å². The van der Waals surface area contributed by atoms with Gasteiger partial charge < -0.3 is 4.74 Å². The molecule has 3 heteroatoms. The summed E-state index contributed by atoms with van der Waals surface area (Å²) in [4.78, 5) is 0. The van der Waals surface area contributed by atoms with Gasteiger partial charge >= 0.3 is 0 Å². The average molecular weight is 214 g/mol. The largest absolute Gasteiger partial charge is 0.377 e. The first-order chi connectivity index (χ1) is 7.09. The van der Waals surface area contributed by atoms with Crippen LogP contribution >= 0.6 is 0 Å². The zero-order valence-electron chi connectivity index (χ0n) is 9.09. The summed E-state index contributed by atoms with van der Waals surface area (Å²) in [5, 5.41) is 0. The van der Waals surface area contributed by atoms with Crippen LogP contribution in [0.25, 0.3) is 0 Å². The maximum atomic E-state index is 12.8. The van der Waals surface area contributed by atoms with E-state index >= 15 is 0 Å². The van der Waals surface area contributed by atoms with Crippen LogP contribution in [-0.4, -0.2) is 6.61 Å². The lowest BCUT2D eigenvalue weighted by molar-refractivity contribution is 0.110. The quantitative estimate of drug-likeness (QED) is 0.681. The molecule has 0 N–H and O–H groups in total. The molecule has 0 heterocycles. The zero-order valence-corrected chi connectivity index (χ0v) is 9.09. The molecule has 0 bridgehead atoms. The van der Waals surface area contributed by atoms with Crippen LogP contribution < -0.4 is 0 Å². The predicted octanol–water partition coefficient (Wildman–Crippen LogP) is 3.53. The molecule has 1 rings (SSSR count). The number of halogens is 2. The van der Waals surface area contributed by atoms with E-state index in [2.05, 4.69) is 13.8 Å². The van der Waals surface area contributed by atoms with Crippen LogP contribution in [0, 0.1) is 17.6 Å². The molecule has 1 nitrogen and oxygen atoms in total. The first-order valence-electron chi connectivity index (χ1n) is 5.11. The fraction of sp³-hybridized carbons (Fsp3) is 0.500. The van der Waals surface area contributed by atoms with E-state index in [0.29, 0.717) is 24.7 Å². The Morgan fingerprint density at radius 3 is 2.53 bits per heavy atom. The van der Waals surface area contributed by atoms with Gasteiger partial charge in [0.1, 0.15) is 0 Å². The van der Waals surface area contributed by atoms with Crippen molar-refractivity contribution in [2.45, 2.75) is 26.9 Å². The zero-order chi connectivity index (χ0) is 11.3. The Balaban J connectivity index is 2.35.